The number of nitrogens with two attached hydrogens (primary N) is 1. The molecular formula is C19H28N4O4S. The second kappa shape index (κ2) is 8.59. The van der Waals surface area contributed by atoms with E-state index >= 15 is 0 Å². The maximum atomic E-state index is 12.7. The summed E-state index contributed by atoms with van der Waals surface area (Å²) >= 11 is 0. The van der Waals surface area contributed by atoms with E-state index < -0.39 is 10.2 Å². The third kappa shape index (κ3) is 4.71. The summed E-state index contributed by atoms with van der Waals surface area (Å²) in [4.78, 5) is 29.0. The first kappa shape index (κ1) is 20.8. The fraction of sp³-hybridized carbons (Fsp3) is 0.579. The summed E-state index contributed by atoms with van der Waals surface area (Å²) in [5.74, 6) is -0.133. The number of piperazine rings is 1. The maximum absolute atomic E-state index is 12.7. The van der Waals surface area contributed by atoms with Gasteiger partial charge in [0.05, 0.1) is 0 Å². The lowest BCUT2D eigenvalue weighted by Gasteiger charge is -2.38. The number of carbonyl (C=O) groups excluding carboxylic acids is 2. The Labute approximate surface area is 166 Å². The largest absolute Gasteiger partial charge is 0.339 e. The average Bonchev–Trinajstić information content (AvgIpc) is 2.72. The molecule has 2 aliphatic rings. The number of piperidine rings is 1. The summed E-state index contributed by atoms with van der Waals surface area (Å²) in [6.45, 7) is 4.67. The molecule has 9 heteroatoms. The zero-order chi connectivity index (χ0) is 20.3. The van der Waals surface area contributed by atoms with Crippen LogP contribution in [0.2, 0.25) is 0 Å². The average molecular weight is 409 g/mol. The SMILES string of the molecule is CCc1ccc(C(=O)N2CCN(C(=O)C3CCN(S(N)(=O)=O)CC3)CC2)cc1. The van der Waals surface area contributed by atoms with Crippen molar-refractivity contribution in [1.29, 1.82) is 0 Å². The first-order chi connectivity index (χ1) is 13.3. The minimum atomic E-state index is -3.68. The number of aryl methyl sites for hydroxylation is 1. The van der Waals surface area contributed by atoms with E-state index in [1.165, 1.54) is 9.87 Å². The van der Waals surface area contributed by atoms with Crippen LogP contribution in [0.5, 0.6) is 0 Å². The Kier molecular flexibility index (Phi) is 6.36. The summed E-state index contributed by atoms with van der Waals surface area (Å²) in [6.07, 6.45) is 1.90. The molecule has 2 heterocycles. The molecular weight excluding hydrogens is 380 g/mol. The van der Waals surface area contributed by atoms with Gasteiger partial charge in [-0.25, -0.2) is 5.14 Å². The van der Waals surface area contributed by atoms with Crippen molar-refractivity contribution in [2.45, 2.75) is 26.2 Å². The van der Waals surface area contributed by atoms with E-state index in [-0.39, 0.29) is 30.8 Å². The Bertz CT molecular complexity index is 809. The van der Waals surface area contributed by atoms with E-state index in [2.05, 4.69) is 6.92 Å². The van der Waals surface area contributed by atoms with E-state index in [1.807, 2.05) is 24.3 Å². The number of carbonyl (C=O) groups is 2. The number of nitrogens with zero attached hydrogens (tertiary/aromatic N) is 3. The molecule has 2 saturated heterocycles. The summed E-state index contributed by atoms with van der Waals surface area (Å²) in [5.41, 5.74) is 1.87. The number of benzene rings is 1. The van der Waals surface area contributed by atoms with Gasteiger partial charge < -0.3 is 9.80 Å². The zero-order valence-corrected chi connectivity index (χ0v) is 17.0. The lowest BCUT2D eigenvalue weighted by molar-refractivity contribution is -0.138. The van der Waals surface area contributed by atoms with E-state index in [9.17, 15) is 18.0 Å². The highest BCUT2D eigenvalue weighted by Crippen LogP contribution is 2.22. The van der Waals surface area contributed by atoms with Crippen molar-refractivity contribution in [1.82, 2.24) is 14.1 Å². The van der Waals surface area contributed by atoms with Crippen molar-refractivity contribution in [2.24, 2.45) is 11.1 Å². The second-order valence-corrected chi connectivity index (χ2v) is 8.93. The Morgan fingerprint density at radius 3 is 2.00 bits per heavy atom. The normalized spacial score (nSPS) is 19.6. The molecule has 1 aromatic carbocycles. The van der Waals surface area contributed by atoms with Gasteiger partial charge in [-0.2, -0.15) is 12.7 Å². The molecule has 154 valence electrons. The quantitative estimate of drug-likeness (QED) is 0.781. The van der Waals surface area contributed by atoms with Crippen LogP contribution in [0, 0.1) is 5.92 Å². The fourth-order valence-corrected chi connectivity index (χ4v) is 4.53. The molecule has 0 atom stereocenters. The van der Waals surface area contributed by atoms with Gasteiger partial charge >= 0.3 is 0 Å². The van der Waals surface area contributed by atoms with E-state index in [4.69, 9.17) is 5.14 Å². The minimum Gasteiger partial charge on any atom is -0.339 e. The number of hydrogen-bond donors (Lipinski definition) is 1. The molecule has 2 aliphatic heterocycles. The highest BCUT2D eigenvalue weighted by Gasteiger charge is 2.33. The first-order valence-electron chi connectivity index (χ1n) is 9.74. The zero-order valence-electron chi connectivity index (χ0n) is 16.2. The smallest absolute Gasteiger partial charge is 0.276 e. The van der Waals surface area contributed by atoms with Crippen molar-refractivity contribution in [2.75, 3.05) is 39.3 Å². The number of hydrogen-bond acceptors (Lipinski definition) is 4. The van der Waals surface area contributed by atoms with Crippen molar-refractivity contribution in [3.63, 3.8) is 0 Å². The standard InChI is InChI=1S/C19H28N4O4S/c1-2-15-3-5-16(6-4-15)18(24)21-11-13-22(14-12-21)19(25)17-7-9-23(10-8-17)28(20,26)27/h3-6,17H,2,7-14H2,1H3,(H2,20,26,27). The predicted molar refractivity (Wildman–Crippen MR) is 106 cm³/mol. The monoisotopic (exact) mass is 408 g/mol. The van der Waals surface area contributed by atoms with E-state index in [0.717, 1.165) is 6.42 Å². The highest BCUT2D eigenvalue weighted by molar-refractivity contribution is 7.86. The fourth-order valence-electron chi connectivity index (χ4n) is 3.81. The third-order valence-electron chi connectivity index (χ3n) is 5.65. The topological polar surface area (TPSA) is 104 Å². The van der Waals surface area contributed by atoms with Crippen LogP contribution >= 0.6 is 0 Å². The maximum Gasteiger partial charge on any atom is 0.276 e. The molecule has 0 bridgehead atoms. The van der Waals surface area contributed by atoms with Gasteiger partial charge in [0.2, 0.25) is 5.91 Å². The molecule has 0 unspecified atom stereocenters. The van der Waals surface area contributed by atoms with Gasteiger partial charge in [0, 0.05) is 50.7 Å². The Hall–Kier alpha value is -1.97. The molecule has 2 N–H and O–H groups in total. The summed E-state index contributed by atoms with van der Waals surface area (Å²) < 4.78 is 24.0. The first-order valence-corrected chi connectivity index (χ1v) is 11.2. The van der Waals surface area contributed by atoms with Crippen molar-refractivity contribution in [3.05, 3.63) is 35.4 Å². The molecule has 0 radical (unpaired) electrons. The molecule has 3 rings (SSSR count). The third-order valence-corrected chi connectivity index (χ3v) is 6.74. The lowest BCUT2D eigenvalue weighted by atomic mass is 9.96. The van der Waals surface area contributed by atoms with Crippen LogP contribution in [0.3, 0.4) is 0 Å². The van der Waals surface area contributed by atoms with Gasteiger partial charge in [-0.15, -0.1) is 0 Å². The van der Waals surface area contributed by atoms with Crippen LogP contribution in [0.1, 0.15) is 35.7 Å². The van der Waals surface area contributed by atoms with Crippen molar-refractivity contribution >= 4 is 22.0 Å². The van der Waals surface area contributed by atoms with Gasteiger partial charge in [-0.05, 0) is 37.0 Å². The molecule has 0 aromatic heterocycles. The van der Waals surface area contributed by atoms with Gasteiger partial charge in [-0.3, -0.25) is 9.59 Å². The molecule has 2 amide bonds. The van der Waals surface area contributed by atoms with Crippen molar-refractivity contribution < 1.29 is 18.0 Å². The second-order valence-electron chi connectivity index (χ2n) is 7.39. The predicted octanol–water partition coefficient (Wildman–Crippen LogP) is 0.449. The molecule has 28 heavy (non-hydrogen) atoms. The number of rotatable bonds is 4. The molecule has 0 spiro atoms. The lowest BCUT2D eigenvalue weighted by Crippen LogP contribution is -2.53. The van der Waals surface area contributed by atoms with Gasteiger partial charge in [0.15, 0.2) is 0 Å². The Morgan fingerprint density at radius 2 is 1.50 bits per heavy atom. The van der Waals surface area contributed by atoms with E-state index in [0.29, 0.717) is 44.6 Å². The minimum absolute atomic E-state index is 0.00351. The Balaban J connectivity index is 1.51. The summed E-state index contributed by atoms with van der Waals surface area (Å²) in [5, 5.41) is 5.15. The van der Waals surface area contributed by atoms with Crippen LogP contribution in [0.25, 0.3) is 0 Å². The van der Waals surface area contributed by atoms with Crippen LogP contribution in [-0.2, 0) is 21.4 Å². The molecule has 0 saturated carbocycles. The molecule has 2 fully saturated rings. The van der Waals surface area contributed by atoms with Crippen LogP contribution in [0.4, 0.5) is 0 Å². The van der Waals surface area contributed by atoms with Crippen LogP contribution in [0.15, 0.2) is 24.3 Å². The summed E-state index contributed by atoms with van der Waals surface area (Å²) in [7, 11) is -3.68. The molecule has 0 aliphatic carbocycles. The highest BCUT2D eigenvalue weighted by atomic mass is 32.2. The van der Waals surface area contributed by atoms with Crippen LogP contribution in [-0.4, -0.2) is 73.6 Å². The van der Waals surface area contributed by atoms with Crippen LogP contribution < -0.4 is 5.14 Å². The van der Waals surface area contributed by atoms with Gasteiger partial charge in [-0.1, -0.05) is 19.1 Å². The summed E-state index contributed by atoms with van der Waals surface area (Å²) in [6, 6.07) is 7.66. The van der Waals surface area contributed by atoms with Gasteiger partial charge in [0.1, 0.15) is 0 Å². The van der Waals surface area contributed by atoms with E-state index in [1.54, 1.807) is 9.80 Å². The van der Waals surface area contributed by atoms with Gasteiger partial charge in [0.25, 0.3) is 16.1 Å². The van der Waals surface area contributed by atoms with Crippen molar-refractivity contribution in [3.8, 4) is 0 Å². The number of amides is 2. The molecule has 8 nitrogen and oxygen atoms in total. The molecule has 1 aromatic rings. The Morgan fingerprint density at radius 1 is 0.964 bits per heavy atom.